The van der Waals surface area contributed by atoms with Crippen LogP contribution in [0.15, 0.2) is 0 Å². The average Bonchev–Trinajstić information content (AvgIpc) is 2.10. The van der Waals surface area contributed by atoms with E-state index in [1.165, 1.54) is 0 Å². The molecular formula is C9H11Cl3O3. The van der Waals surface area contributed by atoms with Crippen LogP contribution < -0.4 is 0 Å². The molecule has 0 saturated carbocycles. The average molecular weight is 274 g/mol. The molecule has 0 saturated heterocycles. The molecule has 0 aromatic rings. The molecule has 2 unspecified atom stereocenters. The smallest absolute Gasteiger partial charge is 0.224 e. The monoisotopic (exact) mass is 272 g/mol. The zero-order valence-electron chi connectivity index (χ0n) is 8.13. The third-order valence-corrected chi connectivity index (χ3v) is 2.91. The van der Waals surface area contributed by atoms with Crippen LogP contribution in [0.25, 0.3) is 0 Å². The normalized spacial score (nSPS) is 14.4. The summed E-state index contributed by atoms with van der Waals surface area (Å²) in [4.78, 5) is 32.2. The summed E-state index contributed by atoms with van der Waals surface area (Å²) in [6.07, 6.45) is 0.557. The van der Waals surface area contributed by atoms with Crippen LogP contribution in [0.4, 0.5) is 0 Å². The molecule has 0 fully saturated rings. The van der Waals surface area contributed by atoms with Crippen LogP contribution in [0.2, 0.25) is 0 Å². The molecule has 0 amide bonds. The first-order chi connectivity index (χ1) is 6.84. The molecule has 0 heterocycles. The minimum atomic E-state index is -0.572. The van der Waals surface area contributed by atoms with Gasteiger partial charge in [0.2, 0.25) is 15.7 Å². The van der Waals surface area contributed by atoms with E-state index < -0.39 is 27.6 Å². The standard InChI is InChI=1S/C9H11Cl3O3/c1-5(8(11)14)4-6(9(12)15)2-3-7(10)13/h5-6H,2-4H2,1H3. The van der Waals surface area contributed by atoms with Crippen LogP contribution in [-0.4, -0.2) is 15.7 Å². The van der Waals surface area contributed by atoms with Crippen molar-refractivity contribution in [1.82, 2.24) is 0 Å². The van der Waals surface area contributed by atoms with E-state index >= 15 is 0 Å². The van der Waals surface area contributed by atoms with Crippen molar-refractivity contribution in [3.05, 3.63) is 0 Å². The molecule has 0 aliphatic rings. The Labute approximate surface area is 103 Å². The molecule has 0 aliphatic heterocycles. The van der Waals surface area contributed by atoms with Crippen LogP contribution in [0.3, 0.4) is 0 Å². The first-order valence-corrected chi connectivity index (χ1v) is 5.55. The molecule has 2 atom stereocenters. The van der Waals surface area contributed by atoms with Crippen LogP contribution in [-0.2, 0) is 14.4 Å². The van der Waals surface area contributed by atoms with Gasteiger partial charge in [-0.1, -0.05) is 6.92 Å². The highest BCUT2D eigenvalue weighted by molar-refractivity contribution is 6.65. The fraction of sp³-hybridized carbons (Fsp3) is 0.667. The Morgan fingerprint density at radius 1 is 1.07 bits per heavy atom. The minimum Gasteiger partial charge on any atom is -0.281 e. The second-order valence-electron chi connectivity index (χ2n) is 3.34. The molecular weight excluding hydrogens is 262 g/mol. The van der Waals surface area contributed by atoms with Gasteiger partial charge in [0.1, 0.15) is 0 Å². The summed E-state index contributed by atoms with van der Waals surface area (Å²) >= 11 is 15.7. The summed E-state index contributed by atoms with van der Waals surface area (Å²) < 4.78 is 0. The van der Waals surface area contributed by atoms with Crippen LogP contribution in [0.5, 0.6) is 0 Å². The Balaban J connectivity index is 4.22. The van der Waals surface area contributed by atoms with E-state index in [0.717, 1.165) is 0 Å². The van der Waals surface area contributed by atoms with E-state index in [-0.39, 0.29) is 19.3 Å². The second-order valence-corrected chi connectivity index (χ2v) is 4.50. The first-order valence-electron chi connectivity index (χ1n) is 4.41. The molecule has 0 aliphatic carbocycles. The number of hydrogen-bond acceptors (Lipinski definition) is 3. The summed E-state index contributed by atoms with van der Waals surface area (Å²) in [5.41, 5.74) is 0. The zero-order valence-corrected chi connectivity index (χ0v) is 10.4. The van der Waals surface area contributed by atoms with E-state index in [0.29, 0.717) is 0 Å². The lowest BCUT2D eigenvalue weighted by atomic mass is 9.94. The van der Waals surface area contributed by atoms with Gasteiger partial charge in [-0.25, -0.2) is 0 Å². The highest BCUT2D eigenvalue weighted by Crippen LogP contribution is 2.22. The van der Waals surface area contributed by atoms with Crippen molar-refractivity contribution in [3.8, 4) is 0 Å². The summed E-state index contributed by atoms with van der Waals surface area (Å²) in [6, 6.07) is 0. The van der Waals surface area contributed by atoms with Gasteiger partial charge >= 0.3 is 0 Å². The maximum Gasteiger partial charge on any atom is 0.224 e. The van der Waals surface area contributed by atoms with Gasteiger partial charge in [0.05, 0.1) is 0 Å². The fourth-order valence-corrected chi connectivity index (χ4v) is 1.53. The highest BCUT2D eigenvalue weighted by Gasteiger charge is 2.22. The quantitative estimate of drug-likeness (QED) is 0.670. The van der Waals surface area contributed by atoms with Crippen molar-refractivity contribution in [2.45, 2.75) is 26.2 Å². The predicted molar refractivity (Wildman–Crippen MR) is 59.1 cm³/mol. The lowest BCUT2D eigenvalue weighted by molar-refractivity contribution is -0.118. The van der Waals surface area contributed by atoms with E-state index in [2.05, 4.69) is 0 Å². The molecule has 86 valence electrons. The van der Waals surface area contributed by atoms with E-state index in [9.17, 15) is 14.4 Å². The minimum absolute atomic E-state index is 0.0634. The number of hydrogen-bond donors (Lipinski definition) is 0. The first kappa shape index (κ1) is 14.9. The van der Waals surface area contributed by atoms with Gasteiger partial charge in [0.25, 0.3) is 0 Å². The number of halogens is 3. The molecule has 0 radical (unpaired) electrons. The third-order valence-electron chi connectivity index (χ3n) is 2.04. The SMILES string of the molecule is CC(CC(CCC(=O)Cl)C(=O)Cl)C(=O)Cl. The fourth-order valence-electron chi connectivity index (χ4n) is 1.13. The lowest BCUT2D eigenvalue weighted by Crippen LogP contribution is -2.17. The van der Waals surface area contributed by atoms with Gasteiger partial charge in [-0.05, 0) is 47.6 Å². The maximum atomic E-state index is 11.0. The third kappa shape index (κ3) is 6.88. The van der Waals surface area contributed by atoms with Gasteiger partial charge in [-0.15, -0.1) is 0 Å². The van der Waals surface area contributed by atoms with Crippen molar-refractivity contribution >= 4 is 50.5 Å². The van der Waals surface area contributed by atoms with Crippen molar-refractivity contribution in [1.29, 1.82) is 0 Å². The number of carbonyl (C=O) groups is 3. The molecule has 3 nitrogen and oxygen atoms in total. The van der Waals surface area contributed by atoms with Gasteiger partial charge in [-0.2, -0.15) is 0 Å². The molecule has 0 aromatic heterocycles. The van der Waals surface area contributed by atoms with Crippen molar-refractivity contribution in [3.63, 3.8) is 0 Å². The van der Waals surface area contributed by atoms with Crippen LogP contribution in [0.1, 0.15) is 26.2 Å². The second kappa shape index (κ2) is 7.20. The summed E-state index contributed by atoms with van der Waals surface area (Å²) in [5.74, 6) is -1.00. The molecule has 0 aromatic carbocycles. The van der Waals surface area contributed by atoms with Crippen molar-refractivity contribution in [2.75, 3.05) is 0 Å². The largest absolute Gasteiger partial charge is 0.281 e. The van der Waals surface area contributed by atoms with Crippen LogP contribution in [0, 0.1) is 11.8 Å². The van der Waals surface area contributed by atoms with Gasteiger partial charge in [-0.3, -0.25) is 14.4 Å². The summed E-state index contributed by atoms with van der Waals surface area (Å²) in [7, 11) is 0. The Hall–Kier alpha value is -0.120. The summed E-state index contributed by atoms with van der Waals surface area (Å²) in [5, 5.41) is -1.62. The molecule has 0 bridgehead atoms. The lowest BCUT2D eigenvalue weighted by Gasteiger charge is -2.13. The highest BCUT2D eigenvalue weighted by atomic mass is 35.5. The van der Waals surface area contributed by atoms with E-state index in [4.69, 9.17) is 34.8 Å². The van der Waals surface area contributed by atoms with Crippen molar-refractivity contribution in [2.24, 2.45) is 11.8 Å². The molecule has 0 N–H and O–H groups in total. The topological polar surface area (TPSA) is 51.2 Å². The molecule has 0 spiro atoms. The van der Waals surface area contributed by atoms with Gasteiger partial charge in [0, 0.05) is 18.3 Å². The predicted octanol–water partition coefficient (Wildman–Crippen LogP) is 2.71. The molecule has 15 heavy (non-hydrogen) atoms. The maximum absolute atomic E-state index is 11.0. The zero-order chi connectivity index (χ0) is 12.0. The summed E-state index contributed by atoms with van der Waals surface area (Å²) in [6.45, 7) is 1.60. The Morgan fingerprint density at radius 3 is 1.93 bits per heavy atom. The Bertz CT molecular complexity index is 265. The van der Waals surface area contributed by atoms with Gasteiger partial charge < -0.3 is 0 Å². The van der Waals surface area contributed by atoms with Gasteiger partial charge in [0.15, 0.2) is 0 Å². The van der Waals surface area contributed by atoms with E-state index in [1.807, 2.05) is 0 Å². The Kier molecular flexibility index (Phi) is 7.14. The Morgan fingerprint density at radius 2 is 1.60 bits per heavy atom. The number of rotatable bonds is 7. The van der Waals surface area contributed by atoms with Crippen molar-refractivity contribution < 1.29 is 14.4 Å². The number of carbonyl (C=O) groups excluding carboxylic acids is 3. The van der Waals surface area contributed by atoms with Crippen LogP contribution >= 0.6 is 34.8 Å². The molecule has 6 heteroatoms. The molecule has 0 rings (SSSR count). The van der Waals surface area contributed by atoms with E-state index in [1.54, 1.807) is 6.92 Å².